The molecule has 1 aliphatic carbocycles. The number of methoxy groups -OCH3 is 1. The van der Waals surface area contributed by atoms with Crippen LogP contribution in [0.3, 0.4) is 0 Å². The molecule has 0 saturated heterocycles. The van der Waals surface area contributed by atoms with E-state index in [4.69, 9.17) is 4.74 Å². The molecule has 0 spiro atoms. The minimum absolute atomic E-state index is 0.146. The van der Waals surface area contributed by atoms with E-state index in [1.54, 1.807) is 0 Å². The molecule has 0 radical (unpaired) electrons. The van der Waals surface area contributed by atoms with Gasteiger partial charge in [-0.1, -0.05) is 12.1 Å². The minimum atomic E-state index is -0.531. The van der Waals surface area contributed by atoms with Crippen molar-refractivity contribution in [1.82, 2.24) is 5.32 Å². The van der Waals surface area contributed by atoms with Gasteiger partial charge in [0.1, 0.15) is 5.54 Å². The summed E-state index contributed by atoms with van der Waals surface area (Å²) in [6.45, 7) is 5.22. The number of esters is 1. The number of aryl methyl sites for hydroxylation is 1. The highest BCUT2D eigenvalue weighted by molar-refractivity contribution is 5.81. The second kappa shape index (κ2) is 6.48. The highest BCUT2D eigenvalue weighted by atomic mass is 16.5. The molecule has 4 nitrogen and oxygen atoms in total. The van der Waals surface area contributed by atoms with Crippen molar-refractivity contribution in [2.75, 3.05) is 25.6 Å². The Hall–Kier alpha value is -1.55. The predicted octanol–water partition coefficient (Wildman–Crippen LogP) is 2.51. The molecule has 0 heterocycles. The van der Waals surface area contributed by atoms with Gasteiger partial charge in [0.2, 0.25) is 0 Å². The summed E-state index contributed by atoms with van der Waals surface area (Å²) >= 11 is 0. The molecule has 1 aromatic rings. The average Bonchev–Trinajstić information content (AvgIpc) is 2.93. The number of likely N-dealkylation sites (N-methyl/N-ethyl adjacent to an activating group) is 1. The summed E-state index contributed by atoms with van der Waals surface area (Å²) in [5.41, 5.74) is 1.97. The molecule has 1 aromatic carbocycles. The molecular weight excluding hydrogens is 264 g/mol. The van der Waals surface area contributed by atoms with Crippen LogP contribution in [0.15, 0.2) is 24.3 Å². The number of anilines is 1. The highest BCUT2D eigenvalue weighted by Gasteiger charge is 2.46. The third-order valence-electron chi connectivity index (χ3n) is 4.66. The van der Waals surface area contributed by atoms with Crippen LogP contribution in [-0.2, 0) is 9.53 Å². The van der Waals surface area contributed by atoms with Crippen LogP contribution >= 0.6 is 0 Å². The van der Waals surface area contributed by atoms with Crippen LogP contribution in [0.2, 0.25) is 0 Å². The van der Waals surface area contributed by atoms with Crippen molar-refractivity contribution in [2.45, 2.75) is 44.7 Å². The van der Waals surface area contributed by atoms with Crippen molar-refractivity contribution in [2.24, 2.45) is 0 Å². The van der Waals surface area contributed by atoms with E-state index in [0.29, 0.717) is 6.04 Å². The summed E-state index contributed by atoms with van der Waals surface area (Å²) in [5, 5.41) is 3.20. The lowest BCUT2D eigenvalue weighted by molar-refractivity contribution is -0.148. The zero-order valence-corrected chi connectivity index (χ0v) is 13.5. The zero-order valence-electron chi connectivity index (χ0n) is 13.5. The molecular formula is C17H26N2O2. The third-order valence-corrected chi connectivity index (χ3v) is 4.66. The molecule has 0 bridgehead atoms. The van der Waals surface area contributed by atoms with Gasteiger partial charge in [-0.25, -0.2) is 0 Å². The molecule has 1 N–H and O–H groups in total. The van der Waals surface area contributed by atoms with E-state index in [1.165, 1.54) is 18.4 Å². The van der Waals surface area contributed by atoms with Crippen LogP contribution in [0.1, 0.15) is 31.7 Å². The van der Waals surface area contributed by atoms with E-state index in [2.05, 4.69) is 48.3 Å². The molecule has 1 aliphatic rings. The van der Waals surface area contributed by atoms with E-state index in [1.807, 2.05) is 7.05 Å². The van der Waals surface area contributed by atoms with Crippen LogP contribution < -0.4 is 10.2 Å². The van der Waals surface area contributed by atoms with Crippen molar-refractivity contribution in [1.29, 1.82) is 0 Å². The smallest absolute Gasteiger partial charge is 0.326 e. The first kappa shape index (κ1) is 15.8. The first-order valence-electron chi connectivity index (χ1n) is 7.67. The van der Waals surface area contributed by atoms with Gasteiger partial charge < -0.3 is 15.0 Å². The van der Waals surface area contributed by atoms with Crippen molar-refractivity contribution in [3.05, 3.63) is 29.8 Å². The monoisotopic (exact) mass is 290 g/mol. The predicted molar refractivity (Wildman–Crippen MR) is 85.6 cm³/mol. The van der Waals surface area contributed by atoms with Crippen LogP contribution in [-0.4, -0.2) is 38.3 Å². The molecule has 116 valence electrons. The quantitative estimate of drug-likeness (QED) is 0.846. The summed E-state index contributed by atoms with van der Waals surface area (Å²) < 4.78 is 4.99. The summed E-state index contributed by atoms with van der Waals surface area (Å²) in [7, 11) is 3.31. The number of benzene rings is 1. The average molecular weight is 290 g/mol. The molecule has 21 heavy (non-hydrogen) atoms. The topological polar surface area (TPSA) is 41.6 Å². The Balaban J connectivity index is 2.20. The molecule has 1 fully saturated rings. The second-order valence-corrected chi connectivity index (χ2v) is 5.85. The Morgan fingerprint density at radius 2 is 2.29 bits per heavy atom. The van der Waals surface area contributed by atoms with Crippen LogP contribution in [0, 0.1) is 6.92 Å². The fraction of sp³-hybridized carbons (Fsp3) is 0.588. The maximum absolute atomic E-state index is 12.1. The van der Waals surface area contributed by atoms with Gasteiger partial charge in [-0.15, -0.1) is 0 Å². The van der Waals surface area contributed by atoms with Gasteiger partial charge in [0.25, 0.3) is 0 Å². The van der Waals surface area contributed by atoms with E-state index in [9.17, 15) is 4.79 Å². The van der Waals surface area contributed by atoms with E-state index >= 15 is 0 Å². The van der Waals surface area contributed by atoms with Crippen molar-refractivity contribution in [3.8, 4) is 0 Å². The van der Waals surface area contributed by atoms with Gasteiger partial charge >= 0.3 is 5.97 Å². The van der Waals surface area contributed by atoms with Gasteiger partial charge in [-0.2, -0.15) is 0 Å². The van der Waals surface area contributed by atoms with Gasteiger partial charge in [0.05, 0.1) is 7.11 Å². The maximum Gasteiger partial charge on any atom is 0.326 e. The van der Waals surface area contributed by atoms with Crippen LogP contribution in [0.4, 0.5) is 5.69 Å². The minimum Gasteiger partial charge on any atom is -0.468 e. The molecule has 2 atom stereocenters. The van der Waals surface area contributed by atoms with Gasteiger partial charge in [-0.05, 0) is 57.9 Å². The third kappa shape index (κ3) is 3.05. The first-order valence-corrected chi connectivity index (χ1v) is 7.67. The summed E-state index contributed by atoms with van der Waals surface area (Å²) in [6.07, 6.45) is 2.61. The molecule has 0 aliphatic heterocycles. The van der Waals surface area contributed by atoms with Gasteiger partial charge in [-0.3, -0.25) is 4.79 Å². The fourth-order valence-corrected chi connectivity index (χ4v) is 3.45. The van der Waals surface area contributed by atoms with Gasteiger partial charge in [0, 0.05) is 18.3 Å². The summed E-state index contributed by atoms with van der Waals surface area (Å²) in [5.74, 6) is -0.146. The van der Waals surface area contributed by atoms with Gasteiger partial charge in [0.15, 0.2) is 0 Å². The Morgan fingerprint density at radius 1 is 1.52 bits per heavy atom. The van der Waals surface area contributed by atoms with Crippen LogP contribution in [0.25, 0.3) is 0 Å². The Kier molecular flexibility index (Phi) is 4.88. The lowest BCUT2D eigenvalue weighted by atomic mass is 9.97. The van der Waals surface area contributed by atoms with Crippen molar-refractivity contribution < 1.29 is 9.53 Å². The largest absolute Gasteiger partial charge is 0.468 e. The maximum atomic E-state index is 12.1. The molecule has 0 aromatic heterocycles. The van der Waals surface area contributed by atoms with Crippen molar-refractivity contribution in [3.63, 3.8) is 0 Å². The number of nitrogens with one attached hydrogen (secondary N) is 1. The van der Waals surface area contributed by atoms with Crippen molar-refractivity contribution >= 4 is 11.7 Å². The SMILES string of the molecule is CCN(c1cccc(C)c1)C1CCC(NC)(C(=O)OC)C1. The molecule has 4 heteroatoms. The van der Waals surface area contributed by atoms with E-state index < -0.39 is 5.54 Å². The number of carbonyl (C=O) groups excluding carboxylic acids is 1. The first-order chi connectivity index (χ1) is 10.1. The zero-order chi connectivity index (χ0) is 15.5. The molecule has 1 saturated carbocycles. The number of ether oxygens (including phenoxy) is 1. The Morgan fingerprint density at radius 3 is 2.86 bits per heavy atom. The second-order valence-electron chi connectivity index (χ2n) is 5.85. The lowest BCUT2D eigenvalue weighted by Crippen LogP contribution is -2.50. The highest BCUT2D eigenvalue weighted by Crippen LogP contribution is 2.36. The number of rotatable bonds is 5. The summed E-state index contributed by atoms with van der Waals surface area (Å²) in [4.78, 5) is 14.5. The lowest BCUT2D eigenvalue weighted by Gasteiger charge is -2.32. The molecule has 2 unspecified atom stereocenters. The fourth-order valence-electron chi connectivity index (χ4n) is 3.45. The Labute approximate surface area is 127 Å². The number of carbonyl (C=O) groups is 1. The number of hydrogen-bond acceptors (Lipinski definition) is 4. The number of nitrogens with zero attached hydrogens (tertiary/aromatic N) is 1. The summed E-state index contributed by atoms with van der Waals surface area (Å²) in [6, 6.07) is 8.92. The standard InChI is InChI=1S/C17H26N2O2/c1-5-19(14-8-6-7-13(2)11-14)15-9-10-17(12-15,18-3)16(20)21-4/h6-8,11,15,18H,5,9-10,12H2,1-4H3. The van der Waals surface area contributed by atoms with E-state index in [0.717, 1.165) is 25.8 Å². The molecule has 2 rings (SSSR count). The Bertz CT molecular complexity index is 503. The van der Waals surface area contributed by atoms with E-state index in [-0.39, 0.29) is 5.97 Å². The number of hydrogen-bond donors (Lipinski definition) is 1. The normalized spacial score (nSPS) is 24.9. The molecule has 0 amide bonds. The van der Waals surface area contributed by atoms with Crippen LogP contribution in [0.5, 0.6) is 0 Å².